The predicted molar refractivity (Wildman–Crippen MR) is 151 cm³/mol. The van der Waals surface area contributed by atoms with E-state index < -0.39 is 5.97 Å². The van der Waals surface area contributed by atoms with Gasteiger partial charge in [0.15, 0.2) is 0 Å². The predicted octanol–water partition coefficient (Wildman–Crippen LogP) is -0.187. The molecule has 0 aromatic rings. The van der Waals surface area contributed by atoms with Gasteiger partial charge in [0, 0.05) is 6.42 Å². The highest BCUT2D eigenvalue weighted by Gasteiger charge is 2.66. The lowest BCUT2D eigenvalue weighted by molar-refractivity contribution is -0.205. The lowest BCUT2D eigenvalue weighted by atomic mass is 9.18. The molecule has 9 heteroatoms. The summed E-state index contributed by atoms with van der Waals surface area (Å²) in [7, 11) is 11.7. The van der Waals surface area contributed by atoms with Crippen LogP contribution in [0.1, 0.15) is 78.1 Å². The minimum atomic E-state index is -0.684. The van der Waals surface area contributed by atoms with Crippen LogP contribution in [0.15, 0.2) is 0 Å². The van der Waals surface area contributed by atoms with Crippen LogP contribution >= 0.6 is 0 Å². The Morgan fingerprint density at radius 1 is 0.912 bits per heavy atom. The number of aliphatic carboxylic acids is 1. The van der Waals surface area contributed by atoms with Gasteiger partial charge in [-0.3, -0.25) is 4.79 Å². The molecule has 4 rings (SSSR count). The van der Waals surface area contributed by atoms with E-state index in [4.69, 9.17) is 5.11 Å². The summed E-state index contributed by atoms with van der Waals surface area (Å²) in [6, 6.07) is 0. The van der Waals surface area contributed by atoms with Crippen molar-refractivity contribution < 1.29 is 20.1 Å². The summed E-state index contributed by atoms with van der Waals surface area (Å²) >= 11 is 0. The maximum Gasteiger partial charge on any atom is 0.303 e. The second-order valence-corrected chi connectivity index (χ2v) is 14.9. The number of hydrogen-bond donors (Lipinski definition) is 3. The summed E-state index contributed by atoms with van der Waals surface area (Å²) in [5.41, 5.74) is 0.396. The van der Waals surface area contributed by atoms with Crippen LogP contribution in [0.5, 0.6) is 0 Å². The van der Waals surface area contributed by atoms with Crippen molar-refractivity contribution in [2.24, 2.45) is 46.3 Å². The monoisotopic (exact) mass is 466 g/mol. The summed E-state index contributed by atoms with van der Waals surface area (Å²) in [4.78, 5) is 11.1. The maximum atomic E-state index is 12.3. The number of hydrogen-bond acceptors (Lipinski definition) is 3. The zero-order chi connectivity index (χ0) is 25.3. The van der Waals surface area contributed by atoms with Crippen molar-refractivity contribution in [3.05, 3.63) is 0 Å². The number of rotatable bonds is 6. The van der Waals surface area contributed by atoms with Gasteiger partial charge in [0.2, 0.25) is 0 Å². The van der Waals surface area contributed by atoms with Gasteiger partial charge in [-0.1, -0.05) is 19.1 Å². The molecule has 4 aliphatic carbocycles. The van der Waals surface area contributed by atoms with Crippen molar-refractivity contribution in [3.63, 3.8) is 0 Å². The molecule has 4 nitrogen and oxygen atoms in total. The zero-order valence-electron chi connectivity index (χ0n) is 22.9. The maximum absolute atomic E-state index is 12.3. The Hall–Kier alpha value is -0.285. The minimum Gasteiger partial charge on any atom is -0.481 e. The summed E-state index contributed by atoms with van der Waals surface area (Å²) < 4.78 is 0. The number of carboxylic acid groups (broad SMARTS) is 1. The molecule has 0 amide bonds. The van der Waals surface area contributed by atoms with E-state index >= 15 is 0 Å². The highest BCUT2D eigenvalue weighted by molar-refractivity contribution is 6.67. The molecule has 10 atom stereocenters. The lowest BCUT2D eigenvalue weighted by Gasteiger charge is -2.68. The van der Waals surface area contributed by atoms with E-state index in [1.165, 1.54) is 25.7 Å². The van der Waals surface area contributed by atoms with Gasteiger partial charge in [-0.05, 0) is 104 Å². The van der Waals surface area contributed by atoms with Gasteiger partial charge in [-0.25, -0.2) is 0 Å². The SMILES string of the molecule is BC(B)(B)C(B)(B)[C@H]1[C@@H](O)[C@@H]2[C@H](CC[C@]3(C)[C@@H](CCCC(=O)O)CC[C@@H]23)[C@@]2(C)CC[C@@H](O)C[C@@H]12. The Balaban J connectivity index is 1.70. The molecule has 0 unspecified atom stereocenters. The quantitative estimate of drug-likeness (QED) is 0.476. The van der Waals surface area contributed by atoms with E-state index in [1.54, 1.807) is 0 Å². The second kappa shape index (κ2) is 8.93. The van der Waals surface area contributed by atoms with Gasteiger partial charge in [-0.15, -0.1) is 5.11 Å². The molecule has 34 heavy (non-hydrogen) atoms. The summed E-state index contributed by atoms with van der Waals surface area (Å²) in [5, 5.41) is 32.3. The molecule has 4 saturated carbocycles. The average Bonchev–Trinajstić information content (AvgIpc) is 3.04. The first-order chi connectivity index (χ1) is 15.6. The van der Waals surface area contributed by atoms with Crippen LogP contribution in [0.4, 0.5) is 0 Å². The van der Waals surface area contributed by atoms with E-state index in [0.29, 0.717) is 29.6 Å². The van der Waals surface area contributed by atoms with E-state index in [-0.39, 0.29) is 45.7 Å². The van der Waals surface area contributed by atoms with Gasteiger partial charge in [-0.2, -0.15) is 0 Å². The third-order valence-corrected chi connectivity index (χ3v) is 12.7. The first-order valence-electron chi connectivity index (χ1n) is 14.2. The Morgan fingerprint density at radius 3 is 2.15 bits per heavy atom. The molecule has 4 fully saturated rings. The third-order valence-electron chi connectivity index (χ3n) is 12.7. The fraction of sp³-hybridized carbons (Fsp3) is 0.960. The first kappa shape index (κ1) is 26.8. The molecule has 0 heterocycles. The average molecular weight is 466 g/mol. The van der Waals surface area contributed by atoms with Crippen LogP contribution in [0.3, 0.4) is 0 Å². The van der Waals surface area contributed by atoms with Crippen LogP contribution < -0.4 is 0 Å². The van der Waals surface area contributed by atoms with E-state index in [2.05, 4.69) is 53.1 Å². The molecule has 3 N–H and O–H groups in total. The number of aliphatic hydroxyl groups excluding tert-OH is 2. The topological polar surface area (TPSA) is 77.8 Å². The van der Waals surface area contributed by atoms with Crippen molar-refractivity contribution in [1.29, 1.82) is 0 Å². The van der Waals surface area contributed by atoms with Crippen LogP contribution in [0, 0.1) is 46.3 Å². The number of fused-ring (bicyclic) bond motifs is 5. The van der Waals surface area contributed by atoms with Crippen molar-refractivity contribution in [1.82, 2.24) is 0 Å². The van der Waals surface area contributed by atoms with Crippen LogP contribution in [-0.2, 0) is 4.79 Å². The molecule has 0 radical (unpaired) electrons. The molecular formula is C25H47B5O4. The molecule has 0 saturated heterocycles. The Kier molecular flexibility index (Phi) is 7.03. The third kappa shape index (κ3) is 4.07. The van der Waals surface area contributed by atoms with E-state index in [9.17, 15) is 15.0 Å². The molecule has 0 aromatic heterocycles. The number of carboxylic acids is 1. The van der Waals surface area contributed by atoms with E-state index in [0.717, 1.165) is 32.1 Å². The Morgan fingerprint density at radius 2 is 1.53 bits per heavy atom. The van der Waals surface area contributed by atoms with Crippen molar-refractivity contribution in [3.8, 4) is 0 Å². The highest BCUT2D eigenvalue weighted by atomic mass is 16.4. The summed E-state index contributed by atoms with van der Waals surface area (Å²) in [5.74, 6) is 1.82. The lowest BCUT2D eigenvalue weighted by Crippen LogP contribution is -2.65. The molecule has 0 bridgehead atoms. The van der Waals surface area contributed by atoms with Crippen LogP contribution in [0.2, 0.25) is 10.3 Å². The van der Waals surface area contributed by atoms with Gasteiger partial charge in [0.05, 0.1) is 51.4 Å². The standard InChI is InChI=1S/C25H47B5O4/c1-22-11-9-16-19(15(22)7-6-13(22)4-3-5-18(32)33)21(34)20(24(26,27)25(28,29)30)17-12-14(31)8-10-23(16,17)2/h13-17,19-21,31,34H,3-12,26-30H2,1-2H3,(H,32,33)/t13-,14+,15-,16-,17-,19-,20+,21-,22+,23+/m0/s1. The molecule has 186 valence electrons. The first-order valence-corrected chi connectivity index (χ1v) is 14.2. The van der Waals surface area contributed by atoms with Crippen LogP contribution in [0.25, 0.3) is 0 Å². The van der Waals surface area contributed by atoms with Gasteiger partial charge >= 0.3 is 5.97 Å². The van der Waals surface area contributed by atoms with Crippen molar-refractivity contribution in [2.75, 3.05) is 0 Å². The smallest absolute Gasteiger partial charge is 0.303 e. The highest BCUT2D eigenvalue weighted by Crippen LogP contribution is 2.71. The van der Waals surface area contributed by atoms with Crippen molar-refractivity contribution in [2.45, 2.75) is 101 Å². The molecule has 0 aliphatic heterocycles. The summed E-state index contributed by atoms with van der Waals surface area (Å²) in [6.07, 6.45) is 9.05. The molecule has 4 aliphatic rings. The Labute approximate surface area is 212 Å². The normalized spacial score (nSPS) is 46.8. The molecule has 0 aromatic carbocycles. The Bertz CT molecular complexity index is 788. The molecule has 0 spiro atoms. The number of aliphatic hydroxyl groups is 2. The van der Waals surface area contributed by atoms with Crippen LogP contribution in [-0.4, -0.2) is 72.7 Å². The van der Waals surface area contributed by atoms with Crippen molar-refractivity contribution >= 4 is 45.2 Å². The summed E-state index contributed by atoms with van der Waals surface area (Å²) in [6.45, 7) is 4.99. The van der Waals surface area contributed by atoms with Gasteiger partial charge in [0.25, 0.3) is 0 Å². The second-order valence-electron chi connectivity index (χ2n) is 14.9. The minimum absolute atomic E-state index is 0.0479. The molecular weight excluding hydrogens is 418 g/mol. The zero-order valence-corrected chi connectivity index (χ0v) is 22.9. The fourth-order valence-electron chi connectivity index (χ4n) is 9.79. The van der Waals surface area contributed by atoms with Gasteiger partial charge in [0.1, 0.15) is 0 Å². The van der Waals surface area contributed by atoms with Gasteiger partial charge < -0.3 is 15.3 Å². The fourth-order valence-corrected chi connectivity index (χ4v) is 9.79. The number of carbonyl (C=O) groups is 1. The van der Waals surface area contributed by atoms with E-state index in [1.807, 2.05) is 0 Å². The largest absolute Gasteiger partial charge is 0.481 e.